The largest absolute Gasteiger partial charge is 0.508 e. The molecule has 7 fully saturated rings. The van der Waals surface area contributed by atoms with Gasteiger partial charge in [-0.25, -0.2) is 47.9 Å². The average Bonchev–Trinajstić information content (AvgIpc) is 2.15. The van der Waals surface area contributed by atoms with Crippen LogP contribution >= 0.6 is 0 Å². The van der Waals surface area contributed by atoms with Gasteiger partial charge in [-0.05, 0) is 0 Å². The topological polar surface area (TPSA) is 512 Å². The van der Waals surface area contributed by atoms with Crippen LogP contribution in [0.4, 0.5) is 47.9 Å². The summed E-state index contributed by atoms with van der Waals surface area (Å²) in [5, 5.41) is 0. The highest BCUT2D eigenvalue weighted by atomic mass is 16.8. The first kappa shape index (κ1) is 101. The molecule has 7 rings (SSSR count). The van der Waals surface area contributed by atoms with Gasteiger partial charge in [-0.15, -0.1) is 0 Å². The molecular weight excluding hydrogens is 1520 g/mol. The maximum absolute atomic E-state index is 11.2. The molecule has 0 amide bonds. The highest BCUT2D eigenvalue weighted by Crippen LogP contribution is 1.99. The van der Waals surface area contributed by atoms with Crippen molar-refractivity contribution < 1.29 is 223 Å². The van der Waals surface area contributed by atoms with Crippen molar-refractivity contribution >= 4 is 61.6 Å². The summed E-state index contributed by atoms with van der Waals surface area (Å²) in [6, 6.07) is 0. The fraction of sp³-hybridized carbons (Fsp3) is 0.844. The Morgan fingerprint density at radius 3 is 0.189 bits per heavy atom. The number of cyclic esters (lactones) is 20. The molecule has 7 heterocycles. The number of hydrogen-bond acceptors (Lipinski definition) is 47. The third kappa shape index (κ3) is 79.9. The maximum Gasteiger partial charge on any atom is 0.508 e. The van der Waals surface area contributed by atoms with Crippen molar-refractivity contribution in [2.24, 2.45) is 0 Å². The molecule has 0 atom stereocenters. The number of ether oxygens (including phenoxy) is 37. The summed E-state index contributed by atoms with van der Waals surface area (Å²) < 4.78 is 181. The Labute approximate surface area is 640 Å². The van der Waals surface area contributed by atoms with E-state index < -0.39 is 61.6 Å². The van der Waals surface area contributed by atoms with Crippen LogP contribution in [0.3, 0.4) is 0 Å². The zero-order chi connectivity index (χ0) is 80.1. The Bertz CT molecular complexity index is 2070. The lowest BCUT2D eigenvalue weighted by molar-refractivity contribution is -0.0246. The van der Waals surface area contributed by atoms with E-state index in [9.17, 15) is 47.9 Å². The summed E-state index contributed by atoms with van der Waals surface area (Å²) in [6.07, 6.45) is -7.35. The van der Waals surface area contributed by atoms with Crippen LogP contribution in [0.5, 0.6) is 0 Å². The zero-order valence-corrected chi connectivity index (χ0v) is 62.4. The molecule has 7 aliphatic rings. The molecular formula is C64H108O47. The van der Waals surface area contributed by atoms with Gasteiger partial charge in [0.05, 0.1) is 225 Å². The van der Waals surface area contributed by atoms with Gasteiger partial charge in [-0.3, -0.25) is 0 Å². The van der Waals surface area contributed by atoms with E-state index in [1.165, 1.54) is 0 Å². The van der Waals surface area contributed by atoms with Crippen LogP contribution in [0.1, 0.15) is 0 Å². The normalized spacial score (nSPS) is 21.7. The number of carbonyl (C=O) groups excluding carboxylic acids is 10. The minimum atomic E-state index is -0.810. The SMILES string of the molecule is O=C1OCCOCCO1.O=C1OCCOCCOC(=O)OCCO1.O=C1OCCOCCOC(=O)OCCOCCO1.O=C1OCCOCCOCCO1.O=C1OCCOCCOCCOC(=O)OCCOCCOCCO1.O=C1OCCOCCOCCOCCO1.O=C1OCCOCCOCCOCCOCCO1. The first-order chi connectivity index (χ1) is 54.4. The van der Waals surface area contributed by atoms with Crippen LogP contribution in [0.15, 0.2) is 0 Å². The highest BCUT2D eigenvalue weighted by molar-refractivity contribution is 5.62. The number of rotatable bonds is 0. The summed E-state index contributed by atoms with van der Waals surface area (Å²) in [7, 11) is 0. The summed E-state index contributed by atoms with van der Waals surface area (Å²) >= 11 is 0. The second-order valence-corrected chi connectivity index (χ2v) is 19.9. The van der Waals surface area contributed by atoms with Gasteiger partial charge in [0.1, 0.15) is 132 Å². The van der Waals surface area contributed by atoms with E-state index in [2.05, 4.69) is 56.8 Å². The second-order valence-electron chi connectivity index (χ2n) is 19.9. The summed E-state index contributed by atoms with van der Waals surface area (Å²) in [5.41, 5.74) is 0. The van der Waals surface area contributed by atoms with Crippen LogP contribution in [-0.4, -0.2) is 418 Å². The predicted molar refractivity (Wildman–Crippen MR) is 357 cm³/mol. The Hall–Kier alpha value is -7.98. The molecule has 0 bridgehead atoms. The van der Waals surface area contributed by atoms with Crippen molar-refractivity contribution in [1.29, 1.82) is 0 Å². The van der Waals surface area contributed by atoms with Crippen molar-refractivity contribution in [3.05, 3.63) is 0 Å². The van der Waals surface area contributed by atoms with Crippen LogP contribution in [0.2, 0.25) is 0 Å². The fourth-order valence-electron chi connectivity index (χ4n) is 6.66. The quantitative estimate of drug-likeness (QED) is 0.246. The molecule has 111 heavy (non-hydrogen) atoms. The van der Waals surface area contributed by atoms with Gasteiger partial charge < -0.3 is 175 Å². The van der Waals surface area contributed by atoms with Gasteiger partial charge in [0.25, 0.3) is 0 Å². The van der Waals surface area contributed by atoms with E-state index in [0.29, 0.717) is 172 Å². The molecule has 0 spiro atoms. The lowest BCUT2D eigenvalue weighted by atomic mass is 10.7. The molecule has 47 nitrogen and oxygen atoms in total. The van der Waals surface area contributed by atoms with E-state index in [1.807, 2.05) is 0 Å². The van der Waals surface area contributed by atoms with E-state index in [-0.39, 0.29) is 185 Å². The Balaban J connectivity index is 0.000000658. The van der Waals surface area contributed by atoms with Gasteiger partial charge in [-0.1, -0.05) is 0 Å². The summed E-state index contributed by atoms with van der Waals surface area (Å²) in [6.45, 7) is 15.1. The predicted octanol–water partition coefficient (Wildman–Crippen LogP) is 1.81. The summed E-state index contributed by atoms with van der Waals surface area (Å²) in [4.78, 5) is 109. The molecule has 0 aliphatic carbocycles. The minimum Gasteiger partial charge on any atom is -0.432 e. The van der Waals surface area contributed by atoms with Crippen molar-refractivity contribution in [2.45, 2.75) is 0 Å². The molecule has 7 saturated heterocycles. The van der Waals surface area contributed by atoms with E-state index in [0.717, 1.165) is 0 Å². The minimum absolute atomic E-state index is 0.0607. The lowest BCUT2D eigenvalue weighted by Crippen LogP contribution is -2.19. The molecule has 7 aliphatic heterocycles. The molecule has 47 heteroatoms. The van der Waals surface area contributed by atoms with E-state index in [4.69, 9.17) is 118 Å². The zero-order valence-electron chi connectivity index (χ0n) is 62.4. The van der Waals surface area contributed by atoms with Gasteiger partial charge in [0.15, 0.2) is 0 Å². The van der Waals surface area contributed by atoms with Crippen molar-refractivity contribution in [3.63, 3.8) is 0 Å². The Morgan fingerprint density at radius 1 is 0.0811 bits per heavy atom. The van der Waals surface area contributed by atoms with Crippen LogP contribution in [0.25, 0.3) is 0 Å². The van der Waals surface area contributed by atoms with Gasteiger partial charge in [-0.2, -0.15) is 0 Å². The first-order valence-electron chi connectivity index (χ1n) is 35.2. The van der Waals surface area contributed by atoms with Crippen molar-refractivity contribution in [2.75, 3.05) is 357 Å². The monoisotopic (exact) mass is 1630 g/mol. The van der Waals surface area contributed by atoms with Gasteiger partial charge >= 0.3 is 61.6 Å². The number of carbonyl (C=O) groups is 10. The fourth-order valence-corrected chi connectivity index (χ4v) is 6.66. The average molecular weight is 1630 g/mol. The van der Waals surface area contributed by atoms with Crippen molar-refractivity contribution in [1.82, 2.24) is 0 Å². The van der Waals surface area contributed by atoms with Crippen LogP contribution in [-0.2, 0) is 175 Å². The lowest BCUT2D eigenvalue weighted by Gasteiger charge is -2.10. The molecule has 646 valence electrons. The molecule has 0 aromatic heterocycles. The molecule has 0 aromatic carbocycles. The Morgan fingerprint density at radius 2 is 0.126 bits per heavy atom. The molecule has 0 N–H and O–H groups in total. The van der Waals surface area contributed by atoms with Gasteiger partial charge in [0.2, 0.25) is 0 Å². The first-order valence-corrected chi connectivity index (χ1v) is 35.2. The Kier molecular flexibility index (Phi) is 74.2. The smallest absolute Gasteiger partial charge is 0.432 e. The third-order valence-electron chi connectivity index (χ3n) is 11.6. The molecule has 0 saturated carbocycles. The molecule has 0 radical (unpaired) electrons. The third-order valence-corrected chi connectivity index (χ3v) is 11.6. The molecule has 0 aromatic rings. The van der Waals surface area contributed by atoms with E-state index >= 15 is 0 Å². The van der Waals surface area contributed by atoms with Gasteiger partial charge in [0, 0.05) is 0 Å². The van der Waals surface area contributed by atoms with Crippen LogP contribution in [0, 0.1) is 0 Å². The van der Waals surface area contributed by atoms with E-state index in [1.54, 1.807) is 0 Å². The van der Waals surface area contributed by atoms with Crippen molar-refractivity contribution in [3.8, 4) is 0 Å². The summed E-state index contributed by atoms with van der Waals surface area (Å²) in [5.74, 6) is 0. The maximum atomic E-state index is 11.2. The molecule has 0 unspecified atom stereocenters. The number of hydrogen-bond donors (Lipinski definition) is 0. The standard InChI is InChI=1S/C14H24O10.C11H20O7.C10H16O8.C9H16O6.C8H12O7.C7H12O5.C5H8O4/c15-13-21-9-5-17-1-2-18-6-10-22-14(16)24-12-8-20-4-3-19-7-11-23-13;12-11-17-9-7-15-5-3-13-1-2-14-4-6-16-8-10-18-11;11-9-15-5-1-13-2-6-16-10(12)18-8-4-14-3-7-17-9;10-9-14-7-5-12-3-1-11-2-4-13-6-8-15-9;9-7-12-3-1-11-2-4-13-8(10)15-6-5-14-7;8-7-11-5-3-9-1-2-10-4-6-12-7;6-5-8-3-1-7-2-4-9-5/h1-12H2;1-10H2;1-8H2;1-8H2;1-6H2;1-6H2;1-4H2. The second kappa shape index (κ2) is 81.5. The highest BCUT2D eigenvalue weighted by Gasteiger charge is 2.13. The van der Waals surface area contributed by atoms with Crippen LogP contribution < -0.4 is 0 Å².